The number of halogens is 1. The number of nitrogens with zero attached hydrogens (tertiary/aromatic N) is 2. The number of piperazine rings is 1. The molecule has 1 saturated heterocycles. The summed E-state index contributed by atoms with van der Waals surface area (Å²) in [7, 11) is 1.62. The first-order valence-electron chi connectivity index (χ1n) is 9.52. The van der Waals surface area contributed by atoms with Crippen LogP contribution in [0.25, 0.3) is 11.3 Å². The van der Waals surface area contributed by atoms with Crippen molar-refractivity contribution in [3.8, 4) is 17.1 Å². The highest BCUT2D eigenvalue weighted by atomic mass is 35.5. The highest BCUT2D eigenvalue weighted by Crippen LogP contribution is 2.26. The van der Waals surface area contributed by atoms with Crippen LogP contribution in [-0.2, 0) is 6.42 Å². The van der Waals surface area contributed by atoms with Gasteiger partial charge in [0.15, 0.2) is 11.5 Å². The van der Waals surface area contributed by atoms with E-state index in [2.05, 4.69) is 34.1 Å². The van der Waals surface area contributed by atoms with Gasteiger partial charge in [-0.1, -0.05) is 18.2 Å². The van der Waals surface area contributed by atoms with Crippen molar-refractivity contribution < 1.29 is 13.6 Å². The van der Waals surface area contributed by atoms with Crippen molar-refractivity contribution in [2.24, 2.45) is 0 Å². The molecule has 0 unspecified atom stereocenters. The second-order valence-corrected chi connectivity index (χ2v) is 6.85. The molecular formula is C22H25ClN2O4. The van der Waals surface area contributed by atoms with Crippen molar-refractivity contribution in [3.05, 3.63) is 71.0 Å². The quantitative estimate of drug-likeness (QED) is 0.610. The molecule has 0 bridgehead atoms. The van der Waals surface area contributed by atoms with Gasteiger partial charge in [0.05, 0.1) is 7.11 Å². The van der Waals surface area contributed by atoms with Crippen LogP contribution in [0.1, 0.15) is 5.76 Å². The van der Waals surface area contributed by atoms with Crippen molar-refractivity contribution in [2.45, 2.75) is 6.42 Å². The van der Waals surface area contributed by atoms with Gasteiger partial charge in [0.2, 0.25) is 0 Å². The fourth-order valence-corrected chi connectivity index (χ4v) is 3.56. The smallest absolute Gasteiger partial charge is 0.497 e. The Bertz CT molecular complexity index is 945. The van der Waals surface area contributed by atoms with Gasteiger partial charge in [0.25, 0.3) is 0 Å². The second kappa shape index (κ2) is 9.67. The number of hydrogen-bond donors (Lipinski definition) is 0. The van der Waals surface area contributed by atoms with Crippen LogP contribution < -0.4 is 15.5 Å². The van der Waals surface area contributed by atoms with E-state index >= 15 is 0 Å². The summed E-state index contributed by atoms with van der Waals surface area (Å²) < 4.78 is 15.8. The van der Waals surface area contributed by atoms with Crippen LogP contribution in [0.5, 0.6) is 5.75 Å². The first-order chi connectivity index (χ1) is 13.7. The van der Waals surface area contributed by atoms with E-state index in [4.69, 9.17) is 13.6 Å². The third-order valence-electron chi connectivity index (χ3n) is 5.15. The molecule has 0 N–H and O–H groups in total. The topological polar surface area (TPSA) is 59.1 Å². The van der Waals surface area contributed by atoms with Crippen molar-refractivity contribution >= 4 is 18.1 Å². The van der Waals surface area contributed by atoms with Crippen LogP contribution in [-0.4, -0.2) is 44.7 Å². The van der Waals surface area contributed by atoms with Gasteiger partial charge in [-0.2, -0.15) is 0 Å². The Balaban J connectivity index is 0.00000240. The van der Waals surface area contributed by atoms with Gasteiger partial charge in [-0.3, -0.25) is 4.90 Å². The lowest BCUT2D eigenvalue weighted by molar-refractivity contribution is 0.254. The summed E-state index contributed by atoms with van der Waals surface area (Å²) in [5, 5.41) is 0. The van der Waals surface area contributed by atoms with Gasteiger partial charge in [-0.05, 0) is 36.4 Å². The Hall–Kier alpha value is -2.70. The standard InChI is InChI=1S/C22H24N2O4.ClH/c1-26-19-9-7-17(8-10-19)21-20(27-22(25)28-21)11-12-23-13-15-24(16-14-23)18-5-3-2-4-6-18;/h2-10H,11-16H2,1H3;1H. The zero-order chi connectivity index (χ0) is 19.3. The Labute approximate surface area is 176 Å². The molecule has 29 heavy (non-hydrogen) atoms. The molecule has 2 aromatic carbocycles. The molecule has 3 aromatic rings. The maximum absolute atomic E-state index is 11.7. The molecule has 1 aliphatic heterocycles. The molecule has 0 amide bonds. The molecule has 1 fully saturated rings. The van der Waals surface area contributed by atoms with Gasteiger partial charge >= 0.3 is 5.82 Å². The third-order valence-corrected chi connectivity index (χ3v) is 5.15. The first kappa shape index (κ1) is 21.0. The summed E-state index contributed by atoms with van der Waals surface area (Å²) in [6, 6.07) is 17.9. The van der Waals surface area contributed by atoms with E-state index in [9.17, 15) is 4.79 Å². The number of hydrogen-bond acceptors (Lipinski definition) is 6. The lowest BCUT2D eigenvalue weighted by Gasteiger charge is -2.36. The van der Waals surface area contributed by atoms with Crippen LogP contribution in [0.3, 0.4) is 0 Å². The number of rotatable bonds is 6. The molecular weight excluding hydrogens is 392 g/mol. The molecule has 0 atom stereocenters. The lowest BCUT2D eigenvalue weighted by atomic mass is 10.1. The van der Waals surface area contributed by atoms with E-state index in [1.807, 2.05) is 30.3 Å². The van der Waals surface area contributed by atoms with E-state index in [0.717, 1.165) is 44.0 Å². The first-order valence-corrected chi connectivity index (χ1v) is 9.52. The fraction of sp³-hybridized carbons (Fsp3) is 0.318. The number of methoxy groups -OCH3 is 1. The van der Waals surface area contributed by atoms with Gasteiger partial charge in [-0.25, -0.2) is 4.79 Å². The average Bonchev–Trinajstić information content (AvgIpc) is 3.14. The van der Waals surface area contributed by atoms with Gasteiger partial charge in [0, 0.05) is 50.4 Å². The Morgan fingerprint density at radius 3 is 2.28 bits per heavy atom. The highest BCUT2D eigenvalue weighted by Gasteiger charge is 2.20. The minimum atomic E-state index is -0.658. The summed E-state index contributed by atoms with van der Waals surface area (Å²) in [5.41, 5.74) is 2.08. The van der Waals surface area contributed by atoms with E-state index in [1.165, 1.54) is 5.69 Å². The van der Waals surface area contributed by atoms with E-state index < -0.39 is 5.82 Å². The van der Waals surface area contributed by atoms with Gasteiger partial charge in [-0.15, -0.1) is 12.4 Å². The average molecular weight is 417 g/mol. The van der Waals surface area contributed by atoms with Crippen molar-refractivity contribution in [3.63, 3.8) is 0 Å². The minimum Gasteiger partial charge on any atom is -0.497 e. The molecule has 6 nitrogen and oxygen atoms in total. The van der Waals surface area contributed by atoms with E-state index in [-0.39, 0.29) is 12.4 Å². The predicted octanol–water partition coefficient (Wildman–Crippen LogP) is 3.69. The lowest BCUT2D eigenvalue weighted by Crippen LogP contribution is -2.47. The molecule has 2 heterocycles. The van der Waals surface area contributed by atoms with Crippen LogP contribution in [0.15, 0.2) is 68.2 Å². The highest BCUT2D eigenvalue weighted by molar-refractivity contribution is 5.85. The zero-order valence-corrected chi connectivity index (χ0v) is 17.2. The van der Waals surface area contributed by atoms with Gasteiger partial charge < -0.3 is 18.5 Å². The third kappa shape index (κ3) is 5.02. The van der Waals surface area contributed by atoms with Crippen molar-refractivity contribution in [1.82, 2.24) is 4.90 Å². The van der Waals surface area contributed by atoms with E-state index in [0.29, 0.717) is 17.9 Å². The Morgan fingerprint density at radius 2 is 1.62 bits per heavy atom. The Morgan fingerprint density at radius 1 is 0.931 bits per heavy atom. The maximum Gasteiger partial charge on any atom is 0.519 e. The predicted molar refractivity (Wildman–Crippen MR) is 115 cm³/mol. The van der Waals surface area contributed by atoms with Crippen LogP contribution >= 0.6 is 12.4 Å². The number of ether oxygens (including phenoxy) is 1. The largest absolute Gasteiger partial charge is 0.519 e. The number of anilines is 1. The second-order valence-electron chi connectivity index (χ2n) is 6.85. The molecule has 4 rings (SSSR count). The van der Waals surface area contributed by atoms with Gasteiger partial charge in [0.1, 0.15) is 5.75 Å². The molecule has 154 valence electrons. The van der Waals surface area contributed by atoms with Crippen molar-refractivity contribution in [1.29, 1.82) is 0 Å². The maximum atomic E-state index is 11.7. The number of benzene rings is 2. The van der Waals surface area contributed by atoms with Crippen LogP contribution in [0, 0.1) is 0 Å². The molecule has 0 saturated carbocycles. The van der Waals surface area contributed by atoms with Crippen molar-refractivity contribution in [2.75, 3.05) is 44.7 Å². The number of para-hydroxylation sites is 1. The zero-order valence-electron chi connectivity index (χ0n) is 16.4. The summed E-state index contributed by atoms with van der Waals surface area (Å²) in [4.78, 5) is 16.5. The molecule has 0 aliphatic carbocycles. The van der Waals surface area contributed by atoms with Crippen LogP contribution in [0.2, 0.25) is 0 Å². The Kier molecular flexibility index (Phi) is 7.01. The normalized spacial score (nSPS) is 14.4. The van der Waals surface area contributed by atoms with E-state index in [1.54, 1.807) is 7.11 Å². The molecule has 1 aromatic heterocycles. The van der Waals surface area contributed by atoms with Crippen LogP contribution in [0.4, 0.5) is 5.69 Å². The summed E-state index contributed by atoms with van der Waals surface area (Å²) in [6.45, 7) is 4.77. The molecule has 0 spiro atoms. The molecule has 1 aliphatic rings. The minimum absolute atomic E-state index is 0. The fourth-order valence-electron chi connectivity index (χ4n) is 3.56. The molecule has 7 heteroatoms. The monoisotopic (exact) mass is 416 g/mol. The SMILES string of the molecule is COc1ccc(-c2oc(=O)oc2CCN2CCN(c3ccccc3)CC2)cc1.Cl. The molecule has 0 radical (unpaired) electrons. The summed E-state index contributed by atoms with van der Waals surface area (Å²) >= 11 is 0. The summed E-state index contributed by atoms with van der Waals surface area (Å²) in [6.07, 6.45) is 0.637. The summed E-state index contributed by atoms with van der Waals surface area (Å²) in [5.74, 6) is 1.21.